The molecule has 0 saturated carbocycles. The molecule has 1 aliphatic heterocycles. The molecular weight excluding hydrogens is 284 g/mol. The number of carbonyl (C=O) groups is 1. The molecule has 0 N–H and O–H groups in total. The fourth-order valence-corrected chi connectivity index (χ4v) is 3.32. The van der Waals surface area contributed by atoms with Crippen molar-refractivity contribution in [3.63, 3.8) is 0 Å². The van der Waals surface area contributed by atoms with Gasteiger partial charge in [0, 0.05) is 32.9 Å². The van der Waals surface area contributed by atoms with E-state index in [1.807, 2.05) is 14.1 Å². The molecule has 0 unspecified atom stereocenters. The van der Waals surface area contributed by atoms with Crippen LogP contribution in [0.3, 0.4) is 0 Å². The molecule has 0 aromatic heterocycles. The van der Waals surface area contributed by atoms with E-state index in [1.165, 1.54) is 36.1 Å². The number of hydrogen-bond acceptors (Lipinski definition) is 2. The lowest BCUT2D eigenvalue weighted by molar-refractivity contribution is -0.127. The van der Waals surface area contributed by atoms with E-state index in [0.29, 0.717) is 12.3 Å². The zero-order chi connectivity index (χ0) is 17.0. The summed E-state index contributed by atoms with van der Waals surface area (Å²) in [5, 5.41) is 0. The maximum atomic E-state index is 12.2. The second-order valence-corrected chi connectivity index (χ2v) is 7.35. The van der Waals surface area contributed by atoms with E-state index in [1.54, 1.807) is 4.90 Å². The quantitative estimate of drug-likeness (QED) is 0.817. The number of nitrogens with zero attached hydrogens (tertiary/aromatic N) is 2. The van der Waals surface area contributed by atoms with E-state index in [9.17, 15) is 4.79 Å². The molecule has 23 heavy (non-hydrogen) atoms. The first-order chi connectivity index (χ1) is 10.9. The van der Waals surface area contributed by atoms with Crippen LogP contribution in [0.25, 0.3) is 0 Å². The second kappa shape index (κ2) is 7.85. The van der Waals surface area contributed by atoms with Crippen molar-refractivity contribution in [3.05, 3.63) is 29.3 Å². The Hall–Kier alpha value is -1.51. The molecular formula is C20H32N2O. The molecule has 0 spiro atoms. The summed E-state index contributed by atoms with van der Waals surface area (Å²) in [4.78, 5) is 16.4. The predicted octanol–water partition coefficient (Wildman–Crippen LogP) is 4.07. The van der Waals surface area contributed by atoms with Crippen LogP contribution in [0.2, 0.25) is 0 Å². The summed E-state index contributed by atoms with van der Waals surface area (Å²) in [6.07, 6.45) is 4.32. The Kier molecular flexibility index (Phi) is 6.09. The zero-order valence-corrected chi connectivity index (χ0v) is 15.4. The molecule has 1 heterocycles. The highest BCUT2D eigenvalue weighted by Crippen LogP contribution is 2.30. The van der Waals surface area contributed by atoms with Crippen molar-refractivity contribution in [2.75, 3.05) is 32.1 Å². The van der Waals surface area contributed by atoms with Crippen LogP contribution in [0.15, 0.2) is 18.2 Å². The van der Waals surface area contributed by atoms with Crippen molar-refractivity contribution in [3.8, 4) is 0 Å². The van der Waals surface area contributed by atoms with Gasteiger partial charge in [-0.25, -0.2) is 0 Å². The minimum atomic E-state index is 0.176. The van der Waals surface area contributed by atoms with Gasteiger partial charge in [0.1, 0.15) is 0 Å². The van der Waals surface area contributed by atoms with Gasteiger partial charge in [-0.3, -0.25) is 4.79 Å². The van der Waals surface area contributed by atoms with Crippen LogP contribution in [0.1, 0.15) is 57.1 Å². The van der Waals surface area contributed by atoms with Crippen molar-refractivity contribution < 1.29 is 4.79 Å². The average molecular weight is 316 g/mol. The molecule has 1 amide bonds. The molecule has 128 valence electrons. The standard InChI is InChI=1S/C20H32N2O/c1-6-16-9-11-22(12-10-16)19-8-7-17(15(2)3)13-18(19)14-20(23)21(4)5/h7-8,13,15-16H,6,9-12,14H2,1-5H3. The minimum absolute atomic E-state index is 0.176. The van der Waals surface area contributed by atoms with Gasteiger partial charge in [-0.1, -0.05) is 39.3 Å². The van der Waals surface area contributed by atoms with Crippen LogP contribution in [-0.4, -0.2) is 38.0 Å². The van der Waals surface area contributed by atoms with Gasteiger partial charge in [-0.05, 0) is 41.9 Å². The van der Waals surface area contributed by atoms with Crippen LogP contribution in [0.5, 0.6) is 0 Å². The predicted molar refractivity (Wildman–Crippen MR) is 98.2 cm³/mol. The molecule has 2 rings (SSSR count). The molecule has 1 aromatic rings. The summed E-state index contributed by atoms with van der Waals surface area (Å²) < 4.78 is 0. The van der Waals surface area contributed by atoms with Crippen LogP contribution in [0.4, 0.5) is 5.69 Å². The Morgan fingerprint density at radius 2 is 1.91 bits per heavy atom. The van der Waals surface area contributed by atoms with Crippen molar-refractivity contribution >= 4 is 11.6 Å². The number of rotatable bonds is 5. The first-order valence-corrected chi connectivity index (χ1v) is 9.00. The Labute approximate surface area is 141 Å². The van der Waals surface area contributed by atoms with Gasteiger partial charge in [0.2, 0.25) is 5.91 Å². The minimum Gasteiger partial charge on any atom is -0.371 e. The van der Waals surface area contributed by atoms with Crippen LogP contribution >= 0.6 is 0 Å². The summed E-state index contributed by atoms with van der Waals surface area (Å²) >= 11 is 0. The van der Waals surface area contributed by atoms with E-state index in [4.69, 9.17) is 0 Å². The molecule has 3 heteroatoms. The SMILES string of the molecule is CCC1CCN(c2ccc(C(C)C)cc2CC(=O)N(C)C)CC1. The molecule has 0 atom stereocenters. The van der Waals surface area contributed by atoms with Gasteiger partial charge in [-0.15, -0.1) is 0 Å². The summed E-state index contributed by atoms with van der Waals surface area (Å²) in [5.41, 5.74) is 3.77. The zero-order valence-electron chi connectivity index (χ0n) is 15.4. The van der Waals surface area contributed by atoms with Gasteiger partial charge in [0.05, 0.1) is 6.42 Å². The van der Waals surface area contributed by atoms with Gasteiger partial charge in [0.15, 0.2) is 0 Å². The van der Waals surface area contributed by atoms with E-state index in [-0.39, 0.29) is 5.91 Å². The van der Waals surface area contributed by atoms with Crippen molar-refractivity contribution in [1.29, 1.82) is 0 Å². The Morgan fingerprint density at radius 3 is 2.43 bits per heavy atom. The molecule has 0 radical (unpaired) electrons. The number of hydrogen-bond donors (Lipinski definition) is 0. The highest BCUT2D eigenvalue weighted by Gasteiger charge is 2.21. The van der Waals surface area contributed by atoms with Crippen molar-refractivity contribution in [1.82, 2.24) is 4.90 Å². The van der Waals surface area contributed by atoms with E-state index in [0.717, 1.165) is 19.0 Å². The molecule has 0 bridgehead atoms. The Morgan fingerprint density at radius 1 is 1.26 bits per heavy atom. The molecule has 0 aliphatic carbocycles. The number of amides is 1. The fourth-order valence-electron chi connectivity index (χ4n) is 3.32. The van der Waals surface area contributed by atoms with Gasteiger partial charge >= 0.3 is 0 Å². The number of benzene rings is 1. The number of piperidine rings is 1. The normalized spacial score (nSPS) is 16.0. The average Bonchev–Trinajstić information content (AvgIpc) is 2.54. The van der Waals surface area contributed by atoms with E-state index >= 15 is 0 Å². The third-order valence-electron chi connectivity index (χ3n) is 5.14. The Balaban J connectivity index is 2.25. The first kappa shape index (κ1) is 17.8. The van der Waals surface area contributed by atoms with Crippen molar-refractivity contribution in [2.24, 2.45) is 5.92 Å². The lowest BCUT2D eigenvalue weighted by atomic mass is 9.92. The maximum absolute atomic E-state index is 12.2. The molecule has 1 saturated heterocycles. The van der Waals surface area contributed by atoms with E-state index < -0.39 is 0 Å². The van der Waals surface area contributed by atoms with Crippen molar-refractivity contribution in [2.45, 2.75) is 52.4 Å². The number of carbonyl (C=O) groups excluding carboxylic acids is 1. The molecule has 1 aromatic carbocycles. The summed E-state index contributed by atoms with van der Waals surface area (Å²) in [6, 6.07) is 6.71. The largest absolute Gasteiger partial charge is 0.371 e. The highest BCUT2D eigenvalue weighted by molar-refractivity contribution is 5.80. The summed E-state index contributed by atoms with van der Waals surface area (Å²) in [6.45, 7) is 8.93. The van der Waals surface area contributed by atoms with Crippen LogP contribution in [0, 0.1) is 5.92 Å². The third-order valence-corrected chi connectivity index (χ3v) is 5.14. The maximum Gasteiger partial charge on any atom is 0.226 e. The lowest BCUT2D eigenvalue weighted by Gasteiger charge is -2.35. The topological polar surface area (TPSA) is 23.6 Å². The third kappa shape index (κ3) is 4.49. The lowest BCUT2D eigenvalue weighted by Crippen LogP contribution is -2.34. The summed E-state index contributed by atoms with van der Waals surface area (Å²) in [5.74, 6) is 1.53. The smallest absolute Gasteiger partial charge is 0.226 e. The molecule has 3 nitrogen and oxygen atoms in total. The summed E-state index contributed by atoms with van der Waals surface area (Å²) in [7, 11) is 3.67. The highest BCUT2D eigenvalue weighted by atomic mass is 16.2. The number of likely N-dealkylation sites (N-methyl/N-ethyl adjacent to an activating group) is 1. The van der Waals surface area contributed by atoms with Gasteiger partial charge in [0.25, 0.3) is 0 Å². The second-order valence-electron chi connectivity index (χ2n) is 7.35. The van der Waals surface area contributed by atoms with Crippen LogP contribution < -0.4 is 4.90 Å². The monoisotopic (exact) mass is 316 g/mol. The van der Waals surface area contributed by atoms with E-state index in [2.05, 4.69) is 43.9 Å². The first-order valence-electron chi connectivity index (χ1n) is 9.00. The number of anilines is 1. The molecule has 1 aliphatic rings. The van der Waals surface area contributed by atoms with Gasteiger partial charge in [-0.2, -0.15) is 0 Å². The van der Waals surface area contributed by atoms with Crippen LogP contribution in [-0.2, 0) is 11.2 Å². The fraction of sp³-hybridized carbons (Fsp3) is 0.650. The van der Waals surface area contributed by atoms with Gasteiger partial charge < -0.3 is 9.80 Å². The molecule has 1 fully saturated rings. The Bertz CT molecular complexity index is 528.